The van der Waals surface area contributed by atoms with Crippen LogP contribution >= 0.6 is 0 Å². The van der Waals surface area contributed by atoms with Gasteiger partial charge < -0.3 is 9.80 Å². The molecular weight excluding hydrogens is 324 g/mol. The number of fused-ring (bicyclic) bond motifs is 1. The van der Waals surface area contributed by atoms with Crippen molar-refractivity contribution < 1.29 is 4.79 Å². The topological polar surface area (TPSA) is 49.3 Å². The van der Waals surface area contributed by atoms with Crippen molar-refractivity contribution >= 4 is 11.7 Å². The zero-order chi connectivity index (χ0) is 17.5. The average Bonchev–Trinajstić information content (AvgIpc) is 3.29. The number of hydrogen-bond donors (Lipinski definition) is 0. The lowest BCUT2D eigenvalue weighted by Crippen LogP contribution is -2.37. The molecule has 0 spiro atoms. The Morgan fingerprint density at radius 1 is 1.00 bits per heavy atom. The van der Waals surface area contributed by atoms with Gasteiger partial charge in [0.25, 0.3) is 0 Å². The lowest BCUT2D eigenvalue weighted by Gasteiger charge is -2.33. The van der Waals surface area contributed by atoms with Gasteiger partial charge in [0.2, 0.25) is 5.91 Å². The van der Waals surface area contributed by atoms with Crippen molar-refractivity contribution in [2.24, 2.45) is 17.8 Å². The Morgan fingerprint density at radius 2 is 1.73 bits per heavy atom. The Hall–Kier alpha value is -1.65. The minimum atomic E-state index is 0.413. The fourth-order valence-corrected chi connectivity index (χ4v) is 5.32. The molecule has 26 heavy (non-hydrogen) atoms. The summed E-state index contributed by atoms with van der Waals surface area (Å²) in [6.07, 6.45) is 11.3. The molecule has 2 aliphatic heterocycles. The summed E-state index contributed by atoms with van der Waals surface area (Å²) in [7, 11) is 0. The van der Waals surface area contributed by atoms with E-state index in [9.17, 15) is 4.79 Å². The molecule has 2 atom stereocenters. The third kappa shape index (κ3) is 3.33. The second-order valence-electron chi connectivity index (χ2n) is 8.96. The van der Waals surface area contributed by atoms with Crippen molar-refractivity contribution in [3.8, 4) is 0 Å². The van der Waals surface area contributed by atoms with Gasteiger partial charge in [0, 0.05) is 50.3 Å². The predicted molar refractivity (Wildman–Crippen MR) is 101 cm³/mol. The monoisotopic (exact) mass is 354 g/mol. The number of hydrogen-bond acceptors (Lipinski definition) is 4. The molecule has 0 N–H and O–H groups in total. The van der Waals surface area contributed by atoms with Crippen LogP contribution in [-0.4, -0.2) is 47.0 Å². The van der Waals surface area contributed by atoms with E-state index in [1.54, 1.807) is 6.33 Å². The van der Waals surface area contributed by atoms with Crippen molar-refractivity contribution in [1.82, 2.24) is 14.9 Å². The van der Waals surface area contributed by atoms with Gasteiger partial charge >= 0.3 is 0 Å². The van der Waals surface area contributed by atoms with E-state index in [0.717, 1.165) is 63.1 Å². The molecule has 5 heteroatoms. The van der Waals surface area contributed by atoms with Crippen LogP contribution in [0.15, 0.2) is 12.4 Å². The first-order valence-corrected chi connectivity index (χ1v) is 10.6. The summed E-state index contributed by atoms with van der Waals surface area (Å²) in [5.41, 5.74) is 1.21. The van der Waals surface area contributed by atoms with Crippen LogP contribution in [0.5, 0.6) is 0 Å². The molecule has 3 heterocycles. The van der Waals surface area contributed by atoms with Gasteiger partial charge in [-0.2, -0.15) is 0 Å². The first-order valence-electron chi connectivity index (χ1n) is 10.6. The lowest BCUT2D eigenvalue weighted by molar-refractivity contribution is -0.131. The van der Waals surface area contributed by atoms with E-state index >= 15 is 0 Å². The normalized spacial score (nSPS) is 29.2. The highest BCUT2D eigenvalue weighted by atomic mass is 16.2. The molecule has 2 unspecified atom stereocenters. The summed E-state index contributed by atoms with van der Waals surface area (Å²) in [5.74, 6) is 4.32. The molecule has 0 bridgehead atoms. The number of carbonyl (C=O) groups excluding carboxylic acids is 1. The number of nitrogens with zero attached hydrogens (tertiary/aromatic N) is 4. The van der Waals surface area contributed by atoms with Crippen LogP contribution in [0.4, 0.5) is 5.82 Å². The number of carbonyl (C=O) groups is 1. The zero-order valence-corrected chi connectivity index (χ0v) is 15.6. The summed E-state index contributed by atoms with van der Waals surface area (Å²) in [6.45, 7) is 4.11. The first-order chi connectivity index (χ1) is 12.8. The number of aromatic nitrogens is 2. The number of likely N-dealkylation sites (tertiary alicyclic amines) is 1. The van der Waals surface area contributed by atoms with Gasteiger partial charge in [-0.15, -0.1) is 0 Å². The third-order valence-electron chi connectivity index (χ3n) is 7.15. The molecule has 4 fully saturated rings. The largest absolute Gasteiger partial charge is 0.356 e. The fraction of sp³-hybridized carbons (Fsp3) is 0.762. The molecule has 2 saturated carbocycles. The van der Waals surface area contributed by atoms with Crippen LogP contribution in [0.25, 0.3) is 0 Å². The first kappa shape index (κ1) is 16.5. The van der Waals surface area contributed by atoms with Gasteiger partial charge in [-0.05, 0) is 56.3 Å². The third-order valence-corrected chi connectivity index (χ3v) is 7.15. The van der Waals surface area contributed by atoms with E-state index in [4.69, 9.17) is 0 Å². The summed E-state index contributed by atoms with van der Waals surface area (Å²) in [5, 5.41) is 0. The standard InChI is InChI=1S/C21H30N4O/c26-21(25-12-17-2-1-3-18(17)13-25)10-15-6-8-24(9-7-15)20-11-19(16-4-5-16)22-14-23-20/h11,14-18H,1-10,12-13H2. The van der Waals surface area contributed by atoms with Gasteiger partial charge in [-0.25, -0.2) is 9.97 Å². The highest BCUT2D eigenvalue weighted by molar-refractivity contribution is 5.76. The van der Waals surface area contributed by atoms with Crippen LogP contribution in [-0.2, 0) is 4.79 Å². The molecule has 4 aliphatic rings. The lowest BCUT2D eigenvalue weighted by atomic mass is 9.93. The summed E-state index contributed by atoms with van der Waals surface area (Å²) in [6, 6.07) is 2.19. The van der Waals surface area contributed by atoms with Crippen LogP contribution < -0.4 is 4.90 Å². The van der Waals surface area contributed by atoms with E-state index in [0.29, 0.717) is 17.7 Å². The Morgan fingerprint density at radius 3 is 2.42 bits per heavy atom. The molecule has 1 amide bonds. The molecule has 0 radical (unpaired) electrons. The predicted octanol–water partition coefficient (Wildman–Crippen LogP) is 3.22. The van der Waals surface area contributed by atoms with Crippen molar-refractivity contribution in [2.45, 2.75) is 57.3 Å². The number of amides is 1. The Labute approximate surface area is 156 Å². The van der Waals surface area contributed by atoms with Gasteiger partial charge in [0.05, 0.1) is 0 Å². The van der Waals surface area contributed by atoms with E-state index in [-0.39, 0.29) is 0 Å². The van der Waals surface area contributed by atoms with Gasteiger partial charge in [-0.1, -0.05) is 6.42 Å². The molecule has 1 aromatic heterocycles. The summed E-state index contributed by atoms with van der Waals surface area (Å²) in [4.78, 5) is 26.2. The van der Waals surface area contributed by atoms with E-state index < -0.39 is 0 Å². The summed E-state index contributed by atoms with van der Waals surface area (Å²) >= 11 is 0. The number of rotatable bonds is 4. The zero-order valence-electron chi connectivity index (χ0n) is 15.6. The van der Waals surface area contributed by atoms with Gasteiger partial charge in [0.1, 0.15) is 12.1 Å². The smallest absolute Gasteiger partial charge is 0.222 e. The Balaban J connectivity index is 1.12. The Bertz CT molecular complexity index is 654. The molecule has 2 aliphatic carbocycles. The van der Waals surface area contributed by atoms with E-state index in [2.05, 4.69) is 25.8 Å². The maximum Gasteiger partial charge on any atom is 0.222 e. The maximum absolute atomic E-state index is 12.7. The van der Waals surface area contributed by atoms with Crippen molar-refractivity contribution in [2.75, 3.05) is 31.1 Å². The molecule has 1 aromatic rings. The molecule has 5 rings (SSSR count). The molecule has 5 nitrogen and oxygen atoms in total. The van der Waals surface area contributed by atoms with Gasteiger partial charge in [0.15, 0.2) is 0 Å². The number of anilines is 1. The van der Waals surface area contributed by atoms with Crippen LogP contribution in [0.3, 0.4) is 0 Å². The maximum atomic E-state index is 12.7. The molecule has 140 valence electrons. The molecular formula is C21H30N4O. The molecule has 2 saturated heterocycles. The number of piperidine rings is 1. The van der Waals surface area contributed by atoms with Crippen molar-refractivity contribution in [3.63, 3.8) is 0 Å². The minimum Gasteiger partial charge on any atom is -0.356 e. The van der Waals surface area contributed by atoms with E-state index in [1.807, 2.05) is 0 Å². The van der Waals surface area contributed by atoms with Crippen LogP contribution in [0.2, 0.25) is 0 Å². The minimum absolute atomic E-state index is 0.413. The van der Waals surface area contributed by atoms with E-state index in [1.165, 1.54) is 37.8 Å². The van der Waals surface area contributed by atoms with Crippen molar-refractivity contribution in [3.05, 3.63) is 18.1 Å². The molecule has 0 aromatic carbocycles. The fourth-order valence-electron chi connectivity index (χ4n) is 5.32. The SMILES string of the molecule is O=C(CC1CCN(c2cc(C3CC3)ncn2)CC1)N1CC2CCCC2C1. The second-order valence-corrected chi connectivity index (χ2v) is 8.96. The van der Waals surface area contributed by atoms with Gasteiger partial charge in [-0.3, -0.25) is 4.79 Å². The quantitative estimate of drug-likeness (QED) is 0.833. The average molecular weight is 354 g/mol. The highest BCUT2D eigenvalue weighted by Gasteiger charge is 2.38. The second kappa shape index (κ2) is 6.82. The highest BCUT2D eigenvalue weighted by Crippen LogP contribution is 2.40. The van der Waals surface area contributed by atoms with Crippen LogP contribution in [0, 0.1) is 17.8 Å². The van der Waals surface area contributed by atoms with Crippen LogP contribution in [0.1, 0.15) is 63.0 Å². The Kier molecular flexibility index (Phi) is 4.33. The summed E-state index contributed by atoms with van der Waals surface area (Å²) < 4.78 is 0. The van der Waals surface area contributed by atoms with Crippen molar-refractivity contribution in [1.29, 1.82) is 0 Å².